The Morgan fingerprint density at radius 1 is 1.35 bits per heavy atom. The van der Waals surface area contributed by atoms with Crippen LogP contribution in [-0.4, -0.2) is 25.5 Å². The maximum absolute atomic E-state index is 13.5. The van der Waals surface area contributed by atoms with Crippen LogP contribution >= 0.6 is 0 Å². The molecule has 0 aromatic heterocycles. The highest BCUT2D eigenvalue weighted by molar-refractivity contribution is 5.82. The van der Waals surface area contributed by atoms with Crippen LogP contribution in [0.3, 0.4) is 0 Å². The summed E-state index contributed by atoms with van der Waals surface area (Å²) < 4.78 is 13.5. The third-order valence-electron chi connectivity index (χ3n) is 4.76. The number of nitrogens with one attached hydrogen (secondary N) is 2. The number of rotatable bonds is 4. The Morgan fingerprint density at radius 3 is 2.85 bits per heavy atom. The summed E-state index contributed by atoms with van der Waals surface area (Å²) in [5.74, 6) is 0.149. The number of halogens is 1. The predicted molar refractivity (Wildman–Crippen MR) is 75.8 cm³/mol. The van der Waals surface area contributed by atoms with Crippen molar-refractivity contribution in [3.8, 4) is 0 Å². The van der Waals surface area contributed by atoms with Crippen molar-refractivity contribution in [2.24, 2.45) is 11.3 Å². The van der Waals surface area contributed by atoms with Crippen molar-refractivity contribution in [1.29, 1.82) is 0 Å². The van der Waals surface area contributed by atoms with Gasteiger partial charge in [0.05, 0.1) is 0 Å². The lowest BCUT2D eigenvalue weighted by atomic mass is 9.92. The van der Waals surface area contributed by atoms with Gasteiger partial charge in [0.25, 0.3) is 0 Å². The minimum absolute atomic E-state index is 0.156. The predicted octanol–water partition coefficient (Wildman–Crippen LogP) is 1.87. The molecule has 1 atom stereocenters. The molecule has 0 radical (unpaired) electrons. The maximum Gasteiger partial charge on any atom is 0.223 e. The number of amides is 1. The Labute approximate surface area is 118 Å². The molecule has 1 amide bonds. The summed E-state index contributed by atoms with van der Waals surface area (Å²) in [6.45, 7) is 2.57. The zero-order valence-corrected chi connectivity index (χ0v) is 11.6. The van der Waals surface area contributed by atoms with Crippen LogP contribution in [0.4, 0.5) is 4.39 Å². The molecule has 1 aromatic carbocycles. The summed E-state index contributed by atoms with van der Waals surface area (Å²) in [5.41, 5.74) is 0.938. The van der Waals surface area contributed by atoms with Gasteiger partial charge in [-0.3, -0.25) is 4.79 Å². The second-order valence-corrected chi connectivity index (χ2v) is 6.00. The molecule has 1 heterocycles. The van der Waals surface area contributed by atoms with Gasteiger partial charge in [-0.15, -0.1) is 0 Å². The molecule has 0 bridgehead atoms. The minimum Gasteiger partial charge on any atom is -0.356 e. The lowest BCUT2D eigenvalue weighted by Crippen LogP contribution is -2.34. The number of piperidine rings is 1. The van der Waals surface area contributed by atoms with E-state index in [1.165, 1.54) is 6.07 Å². The molecule has 2 N–H and O–H groups in total. The van der Waals surface area contributed by atoms with Gasteiger partial charge in [-0.05, 0) is 55.8 Å². The molecule has 4 heteroatoms. The highest BCUT2D eigenvalue weighted by Gasteiger charge is 2.57. The highest BCUT2D eigenvalue weighted by Crippen LogP contribution is 2.58. The fourth-order valence-electron chi connectivity index (χ4n) is 3.34. The molecule has 1 saturated heterocycles. The monoisotopic (exact) mass is 276 g/mol. The summed E-state index contributed by atoms with van der Waals surface area (Å²) in [5, 5.41) is 6.30. The maximum atomic E-state index is 13.5. The van der Waals surface area contributed by atoms with Crippen molar-refractivity contribution in [1.82, 2.24) is 10.6 Å². The Morgan fingerprint density at radius 2 is 2.10 bits per heavy atom. The first-order chi connectivity index (χ1) is 9.71. The molecule has 108 valence electrons. The summed E-state index contributed by atoms with van der Waals surface area (Å²) in [6, 6.07) is 6.74. The number of hydrogen-bond acceptors (Lipinski definition) is 2. The van der Waals surface area contributed by atoms with E-state index in [-0.39, 0.29) is 23.1 Å². The van der Waals surface area contributed by atoms with Crippen LogP contribution < -0.4 is 10.6 Å². The summed E-state index contributed by atoms with van der Waals surface area (Å²) >= 11 is 0. The van der Waals surface area contributed by atoms with Crippen molar-refractivity contribution < 1.29 is 9.18 Å². The largest absolute Gasteiger partial charge is 0.356 e. The molecule has 1 spiro atoms. The van der Waals surface area contributed by atoms with Crippen LogP contribution in [0.1, 0.15) is 24.8 Å². The van der Waals surface area contributed by atoms with E-state index in [0.717, 1.165) is 32.4 Å². The molecule has 1 unspecified atom stereocenters. The van der Waals surface area contributed by atoms with E-state index in [2.05, 4.69) is 10.6 Å². The van der Waals surface area contributed by atoms with Gasteiger partial charge in [0.2, 0.25) is 5.91 Å². The van der Waals surface area contributed by atoms with Crippen molar-refractivity contribution in [3.63, 3.8) is 0 Å². The van der Waals surface area contributed by atoms with Gasteiger partial charge < -0.3 is 10.6 Å². The Balaban J connectivity index is 1.45. The quantitative estimate of drug-likeness (QED) is 0.881. The third kappa shape index (κ3) is 2.70. The standard InChI is InChI=1S/C16H21FN2O/c17-14-4-2-1-3-12(14)5-8-19-15(20)13-11-16(13)6-9-18-10-7-16/h1-4,13,18H,5-11H2,(H,19,20). The molecule has 1 aliphatic carbocycles. The van der Waals surface area contributed by atoms with E-state index in [1.807, 2.05) is 6.07 Å². The molecule has 3 nitrogen and oxygen atoms in total. The Hall–Kier alpha value is -1.42. The Bertz CT molecular complexity index is 497. The second-order valence-electron chi connectivity index (χ2n) is 6.00. The van der Waals surface area contributed by atoms with Crippen LogP contribution in [0.2, 0.25) is 0 Å². The van der Waals surface area contributed by atoms with Gasteiger partial charge in [-0.2, -0.15) is 0 Å². The van der Waals surface area contributed by atoms with Crippen molar-refractivity contribution >= 4 is 5.91 Å². The molecule has 1 aliphatic heterocycles. The van der Waals surface area contributed by atoms with E-state index in [9.17, 15) is 9.18 Å². The summed E-state index contributed by atoms with van der Waals surface area (Å²) in [6.07, 6.45) is 3.80. The SMILES string of the molecule is O=C(NCCc1ccccc1F)C1CC12CCNCC2. The molecule has 3 rings (SSSR count). The first-order valence-corrected chi connectivity index (χ1v) is 7.43. The lowest BCUT2D eigenvalue weighted by molar-refractivity contribution is -0.123. The van der Waals surface area contributed by atoms with Gasteiger partial charge in [-0.25, -0.2) is 4.39 Å². The van der Waals surface area contributed by atoms with Crippen LogP contribution in [0, 0.1) is 17.2 Å². The van der Waals surface area contributed by atoms with Gasteiger partial charge in [0.15, 0.2) is 0 Å². The van der Waals surface area contributed by atoms with E-state index < -0.39 is 0 Å². The molecule has 1 saturated carbocycles. The third-order valence-corrected chi connectivity index (χ3v) is 4.76. The van der Waals surface area contributed by atoms with E-state index >= 15 is 0 Å². The second kappa shape index (κ2) is 5.52. The van der Waals surface area contributed by atoms with Crippen molar-refractivity contribution in [2.75, 3.05) is 19.6 Å². The molecular weight excluding hydrogens is 255 g/mol. The average molecular weight is 276 g/mol. The zero-order chi connectivity index (χ0) is 14.0. The number of carbonyl (C=O) groups is 1. The van der Waals surface area contributed by atoms with Gasteiger partial charge in [0.1, 0.15) is 5.82 Å². The summed E-state index contributed by atoms with van der Waals surface area (Å²) in [7, 11) is 0. The fourth-order valence-corrected chi connectivity index (χ4v) is 3.34. The fraction of sp³-hybridized carbons (Fsp3) is 0.562. The van der Waals surface area contributed by atoms with Crippen molar-refractivity contribution in [3.05, 3.63) is 35.6 Å². The van der Waals surface area contributed by atoms with Crippen molar-refractivity contribution in [2.45, 2.75) is 25.7 Å². The van der Waals surface area contributed by atoms with Gasteiger partial charge >= 0.3 is 0 Å². The van der Waals surface area contributed by atoms with Crippen LogP contribution in [-0.2, 0) is 11.2 Å². The highest BCUT2D eigenvalue weighted by atomic mass is 19.1. The van der Waals surface area contributed by atoms with Gasteiger partial charge in [0, 0.05) is 12.5 Å². The topological polar surface area (TPSA) is 41.1 Å². The number of hydrogen-bond donors (Lipinski definition) is 2. The normalized spacial score (nSPS) is 23.6. The van der Waals surface area contributed by atoms with E-state index in [0.29, 0.717) is 18.5 Å². The smallest absolute Gasteiger partial charge is 0.223 e. The van der Waals surface area contributed by atoms with E-state index in [4.69, 9.17) is 0 Å². The lowest BCUT2D eigenvalue weighted by Gasteiger charge is -2.23. The van der Waals surface area contributed by atoms with Crippen LogP contribution in [0.25, 0.3) is 0 Å². The number of benzene rings is 1. The molecule has 2 aliphatic rings. The first-order valence-electron chi connectivity index (χ1n) is 7.43. The summed E-state index contributed by atoms with van der Waals surface area (Å²) in [4.78, 5) is 12.1. The van der Waals surface area contributed by atoms with Gasteiger partial charge in [-0.1, -0.05) is 18.2 Å². The molecule has 20 heavy (non-hydrogen) atoms. The molecule has 2 fully saturated rings. The molecular formula is C16H21FN2O. The van der Waals surface area contributed by atoms with Crippen LogP contribution in [0.15, 0.2) is 24.3 Å². The van der Waals surface area contributed by atoms with Crippen LogP contribution in [0.5, 0.6) is 0 Å². The minimum atomic E-state index is -0.192. The average Bonchev–Trinajstić information content (AvgIpc) is 3.15. The number of carbonyl (C=O) groups excluding carboxylic acids is 1. The Kier molecular flexibility index (Phi) is 3.74. The first kappa shape index (κ1) is 13.6. The van der Waals surface area contributed by atoms with E-state index in [1.54, 1.807) is 12.1 Å². The molecule has 1 aromatic rings. The zero-order valence-electron chi connectivity index (χ0n) is 11.6.